The molecule has 0 aromatic carbocycles. The Kier molecular flexibility index (Phi) is 4.61. The quantitative estimate of drug-likeness (QED) is 0.890. The minimum atomic E-state index is -4.73. The molecule has 1 aromatic rings. The molecule has 0 amide bonds. The Hall–Kier alpha value is -1.90. The van der Waals surface area contributed by atoms with Crippen LogP contribution in [0.5, 0.6) is 0 Å². The zero-order valence-corrected chi connectivity index (χ0v) is 11.1. The standard InChI is InChI=1S/C12H15F3N4O2/c13-12(14,15)9(10(20)21)8-18-4-6-19(7-5-18)11-16-2-1-3-17-11/h1-3,9H,4-8H2,(H,20,21). The van der Waals surface area contributed by atoms with Gasteiger partial charge >= 0.3 is 12.1 Å². The van der Waals surface area contributed by atoms with Gasteiger partial charge in [-0.15, -0.1) is 0 Å². The van der Waals surface area contributed by atoms with Crippen molar-refractivity contribution in [2.45, 2.75) is 6.18 Å². The van der Waals surface area contributed by atoms with Gasteiger partial charge in [-0.3, -0.25) is 9.69 Å². The molecular formula is C12H15F3N4O2. The highest BCUT2D eigenvalue weighted by Gasteiger charge is 2.46. The van der Waals surface area contributed by atoms with Gasteiger partial charge < -0.3 is 10.0 Å². The van der Waals surface area contributed by atoms with Crippen molar-refractivity contribution in [3.63, 3.8) is 0 Å². The number of carbonyl (C=O) groups is 1. The Labute approximate surface area is 119 Å². The molecule has 1 fully saturated rings. The number of rotatable bonds is 4. The van der Waals surface area contributed by atoms with Gasteiger partial charge in [0.15, 0.2) is 5.92 Å². The summed E-state index contributed by atoms with van der Waals surface area (Å²) >= 11 is 0. The topological polar surface area (TPSA) is 69.6 Å². The summed E-state index contributed by atoms with van der Waals surface area (Å²) in [6, 6.07) is 1.68. The molecule has 21 heavy (non-hydrogen) atoms. The predicted molar refractivity (Wildman–Crippen MR) is 67.9 cm³/mol. The zero-order valence-electron chi connectivity index (χ0n) is 11.1. The number of aliphatic carboxylic acids is 1. The molecule has 1 saturated heterocycles. The van der Waals surface area contributed by atoms with Gasteiger partial charge in [0, 0.05) is 45.1 Å². The van der Waals surface area contributed by atoms with Crippen LogP contribution in [0.15, 0.2) is 18.5 Å². The largest absolute Gasteiger partial charge is 0.481 e. The molecule has 1 aromatic heterocycles. The van der Waals surface area contributed by atoms with Crippen molar-refractivity contribution in [1.82, 2.24) is 14.9 Å². The van der Waals surface area contributed by atoms with E-state index in [9.17, 15) is 18.0 Å². The molecule has 1 unspecified atom stereocenters. The minimum absolute atomic E-state index is 0.345. The number of anilines is 1. The van der Waals surface area contributed by atoms with Gasteiger partial charge in [-0.2, -0.15) is 13.2 Å². The molecule has 0 spiro atoms. The van der Waals surface area contributed by atoms with Crippen LogP contribution in [-0.2, 0) is 4.79 Å². The van der Waals surface area contributed by atoms with E-state index in [1.54, 1.807) is 18.5 Å². The van der Waals surface area contributed by atoms with Crippen LogP contribution in [-0.4, -0.2) is 64.8 Å². The molecule has 6 nitrogen and oxygen atoms in total. The first-order valence-electron chi connectivity index (χ1n) is 6.42. The number of piperazine rings is 1. The Bertz CT molecular complexity index is 475. The second kappa shape index (κ2) is 6.25. The first-order chi connectivity index (χ1) is 9.88. The molecule has 0 saturated carbocycles. The van der Waals surface area contributed by atoms with E-state index in [2.05, 4.69) is 9.97 Å². The third kappa shape index (κ3) is 4.03. The van der Waals surface area contributed by atoms with Crippen LogP contribution in [0.2, 0.25) is 0 Å². The van der Waals surface area contributed by atoms with E-state index in [4.69, 9.17) is 5.11 Å². The fraction of sp³-hybridized carbons (Fsp3) is 0.583. The summed E-state index contributed by atoms with van der Waals surface area (Å²) < 4.78 is 37.9. The van der Waals surface area contributed by atoms with Crippen LogP contribution < -0.4 is 4.90 Å². The lowest BCUT2D eigenvalue weighted by Crippen LogP contribution is -2.51. The fourth-order valence-electron chi connectivity index (χ4n) is 2.16. The molecule has 116 valence electrons. The molecule has 9 heteroatoms. The minimum Gasteiger partial charge on any atom is -0.481 e. The number of nitrogens with zero attached hydrogens (tertiary/aromatic N) is 4. The number of carboxylic acid groups (broad SMARTS) is 1. The van der Waals surface area contributed by atoms with E-state index in [0.29, 0.717) is 32.1 Å². The van der Waals surface area contributed by atoms with E-state index < -0.39 is 24.6 Å². The Morgan fingerprint density at radius 1 is 1.24 bits per heavy atom. The number of hydrogen-bond acceptors (Lipinski definition) is 5. The number of hydrogen-bond donors (Lipinski definition) is 1. The molecule has 0 aliphatic carbocycles. The normalized spacial score (nSPS) is 18.5. The summed E-state index contributed by atoms with van der Waals surface area (Å²) in [4.78, 5) is 22.3. The van der Waals surface area contributed by atoms with Crippen molar-refractivity contribution in [2.75, 3.05) is 37.6 Å². The number of alkyl halides is 3. The van der Waals surface area contributed by atoms with Crippen LogP contribution >= 0.6 is 0 Å². The van der Waals surface area contributed by atoms with Gasteiger partial charge in [0.25, 0.3) is 0 Å². The predicted octanol–water partition coefficient (Wildman–Crippen LogP) is 0.862. The monoisotopic (exact) mass is 304 g/mol. The molecule has 1 atom stereocenters. The summed E-state index contributed by atoms with van der Waals surface area (Å²) in [5, 5.41) is 8.69. The number of carboxylic acids is 1. The molecular weight excluding hydrogens is 289 g/mol. The van der Waals surface area contributed by atoms with Crippen molar-refractivity contribution in [1.29, 1.82) is 0 Å². The van der Waals surface area contributed by atoms with E-state index in [0.717, 1.165) is 0 Å². The van der Waals surface area contributed by atoms with Gasteiger partial charge in [0.1, 0.15) is 0 Å². The summed E-state index contributed by atoms with van der Waals surface area (Å²) in [7, 11) is 0. The van der Waals surface area contributed by atoms with Gasteiger partial charge in [-0.25, -0.2) is 9.97 Å². The first kappa shape index (κ1) is 15.5. The van der Waals surface area contributed by atoms with Crippen molar-refractivity contribution in [2.24, 2.45) is 5.92 Å². The van der Waals surface area contributed by atoms with E-state index >= 15 is 0 Å². The maximum atomic E-state index is 12.6. The van der Waals surface area contributed by atoms with Gasteiger partial charge in [-0.1, -0.05) is 0 Å². The number of halogens is 3. The second-order valence-electron chi connectivity index (χ2n) is 4.77. The highest BCUT2D eigenvalue weighted by atomic mass is 19.4. The Balaban J connectivity index is 1.91. The SMILES string of the molecule is O=C(O)C(CN1CCN(c2ncccn2)CC1)C(F)(F)F. The summed E-state index contributed by atoms with van der Waals surface area (Å²) in [5.74, 6) is -3.66. The molecule has 1 aliphatic rings. The molecule has 0 bridgehead atoms. The van der Waals surface area contributed by atoms with Gasteiger partial charge in [0.2, 0.25) is 5.95 Å². The van der Waals surface area contributed by atoms with Crippen LogP contribution in [0.3, 0.4) is 0 Å². The van der Waals surface area contributed by atoms with Crippen molar-refractivity contribution >= 4 is 11.9 Å². The van der Waals surface area contributed by atoms with Crippen LogP contribution in [0.25, 0.3) is 0 Å². The highest BCUT2D eigenvalue weighted by molar-refractivity contribution is 5.71. The maximum Gasteiger partial charge on any atom is 0.403 e. The lowest BCUT2D eigenvalue weighted by Gasteiger charge is -2.35. The third-order valence-corrected chi connectivity index (χ3v) is 3.34. The van der Waals surface area contributed by atoms with Crippen LogP contribution in [0, 0.1) is 5.92 Å². The van der Waals surface area contributed by atoms with Gasteiger partial charge in [0.05, 0.1) is 0 Å². The second-order valence-corrected chi connectivity index (χ2v) is 4.77. The van der Waals surface area contributed by atoms with Gasteiger partial charge in [-0.05, 0) is 6.07 Å². The van der Waals surface area contributed by atoms with Crippen LogP contribution in [0.1, 0.15) is 0 Å². The highest BCUT2D eigenvalue weighted by Crippen LogP contribution is 2.27. The van der Waals surface area contributed by atoms with E-state index in [1.165, 1.54) is 4.90 Å². The lowest BCUT2D eigenvalue weighted by atomic mass is 10.1. The average molecular weight is 304 g/mol. The fourth-order valence-corrected chi connectivity index (χ4v) is 2.16. The summed E-state index contributed by atoms with van der Waals surface area (Å²) in [6.07, 6.45) is -1.54. The van der Waals surface area contributed by atoms with E-state index in [-0.39, 0.29) is 0 Å². The van der Waals surface area contributed by atoms with Crippen molar-refractivity contribution < 1.29 is 23.1 Å². The average Bonchev–Trinajstić information content (AvgIpc) is 2.45. The molecule has 1 aliphatic heterocycles. The first-order valence-corrected chi connectivity index (χ1v) is 6.42. The van der Waals surface area contributed by atoms with Crippen LogP contribution in [0.4, 0.5) is 19.1 Å². The maximum absolute atomic E-state index is 12.6. The number of aromatic nitrogens is 2. The van der Waals surface area contributed by atoms with E-state index in [1.807, 2.05) is 4.90 Å². The van der Waals surface area contributed by atoms with Crippen molar-refractivity contribution in [3.8, 4) is 0 Å². The molecule has 2 heterocycles. The Morgan fingerprint density at radius 2 is 1.81 bits per heavy atom. The molecule has 1 N–H and O–H groups in total. The Morgan fingerprint density at radius 3 is 2.29 bits per heavy atom. The van der Waals surface area contributed by atoms with Crippen molar-refractivity contribution in [3.05, 3.63) is 18.5 Å². The smallest absolute Gasteiger partial charge is 0.403 e. The lowest BCUT2D eigenvalue weighted by molar-refractivity contribution is -0.196. The summed E-state index contributed by atoms with van der Waals surface area (Å²) in [5.41, 5.74) is 0. The molecule has 2 rings (SSSR count). The zero-order chi connectivity index (χ0) is 15.5. The molecule has 0 radical (unpaired) electrons. The summed E-state index contributed by atoms with van der Waals surface area (Å²) in [6.45, 7) is 1.10. The third-order valence-electron chi connectivity index (χ3n) is 3.34.